The average molecular weight is 373 g/mol. The lowest BCUT2D eigenvalue weighted by atomic mass is 10.1. The number of halogens is 2. The SMILES string of the molecule is C[C@H]1OCCN[C@@H]1C(=O)NCc1cccc(-n2ccnc2)c1.Cl.Cl. The van der Waals surface area contributed by atoms with E-state index in [1.165, 1.54) is 0 Å². The van der Waals surface area contributed by atoms with Crippen LogP contribution in [0.15, 0.2) is 43.0 Å². The van der Waals surface area contributed by atoms with Crippen molar-refractivity contribution in [3.05, 3.63) is 48.5 Å². The van der Waals surface area contributed by atoms with Gasteiger partial charge in [-0.1, -0.05) is 12.1 Å². The molecule has 24 heavy (non-hydrogen) atoms. The maximum absolute atomic E-state index is 12.2. The van der Waals surface area contributed by atoms with Gasteiger partial charge in [-0.25, -0.2) is 4.98 Å². The molecule has 1 aromatic carbocycles. The Hall–Kier alpha value is -1.60. The van der Waals surface area contributed by atoms with Gasteiger partial charge in [0.25, 0.3) is 0 Å². The molecular formula is C16H22Cl2N4O2. The quantitative estimate of drug-likeness (QED) is 0.856. The third kappa shape index (κ3) is 4.95. The number of ether oxygens (including phenoxy) is 1. The molecule has 132 valence electrons. The first-order valence-electron chi connectivity index (χ1n) is 7.44. The van der Waals surface area contributed by atoms with Gasteiger partial charge >= 0.3 is 0 Å². The highest BCUT2D eigenvalue weighted by molar-refractivity contribution is 5.85. The number of hydrogen-bond donors (Lipinski definition) is 2. The zero-order chi connectivity index (χ0) is 15.4. The molecule has 1 fully saturated rings. The number of nitrogens with one attached hydrogen (secondary N) is 2. The molecule has 2 aromatic rings. The molecule has 1 aliphatic heterocycles. The van der Waals surface area contributed by atoms with E-state index in [-0.39, 0.29) is 42.9 Å². The second kappa shape index (κ2) is 9.64. The summed E-state index contributed by atoms with van der Waals surface area (Å²) >= 11 is 0. The van der Waals surface area contributed by atoms with Crippen LogP contribution in [0, 0.1) is 0 Å². The zero-order valence-electron chi connectivity index (χ0n) is 13.3. The summed E-state index contributed by atoms with van der Waals surface area (Å²) in [5, 5.41) is 6.15. The van der Waals surface area contributed by atoms with Crippen molar-refractivity contribution in [2.45, 2.75) is 25.6 Å². The summed E-state index contributed by atoms with van der Waals surface area (Å²) in [6, 6.07) is 7.73. The van der Waals surface area contributed by atoms with Crippen molar-refractivity contribution in [3.8, 4) is 5.69 Å². The highest BCUT2D eigenvalue weighted by Gasteiger charge is 2.27. The van der Waals surface area contributed by atoms with E-state index in [4.69, 9.17) is 4.74 Å². The molecule has 0 saturated carbocycles. The number of benzene rings is 1. The molecular weight excluding hydrogens is 351 g/mol. The number of imidazole rings is 1. The van der Waals surface area contributed by atoms with Gasteiger partial charge < -0.3 is 19.9 Å². The fraction of sp³-hybridized carbons (Fsp3) is 0.375. The topological polar surface area (TPSA) is 68.2 Å². The van der Waals surface area contributed by atoms with Crippen molar-refractivity contribution in [1.29, 1.82) is 0 Å². The van der Waals surface area contributed by atoms with E-state index in [2.05, 4.69) is 15.6 Å². The van der Waals surface area contributed by atoms with Crippen molar-refractivity contribution < 1.29 is 9.53 Å². The zero-order valence-corrected chi connectivity index (χ0v) is 15.0. The monoisotopic (exact) mass is 372 g/mol. The van der Waals surface area contributed by atoms with Gasteiger partial charge in [0.2, 0.25) is 5.91 Å². The number of aromatic nitrogens is 2. The highest BCUT2D eigenvalue weighted by Crippen LogP contribution is 2.10. The standard InChI is InChI=1S/C16H20N4O2.2ClH/c1-12-15(18-6-8-22-12)16(21)19-10-13-3-2-4-14(9-13)20-7-5-17-11-20;;/h2-5,7,9,11-12,15,18H,6,8,10H2,1H3,(H,19,21);2*1H/t12-,15+;;/m1../s1. The third-order valence-electron chi connectivity index (χ3n) is 3.78. The minimum Gasteiger partial charge on any atom is -0.375 e. The van der Waals surface area contributed by atoms with Crippen LogP contribution in [0.2, 0.25) is 0 Å². The van der Waals surface area contributed by atoms with Gasteiger partial charge in [0.15, 0.2) is 0 Å². The largest absolute Gasteiger partial charge is 0.375 e. The molecule has 1 amide bonds. The second-order valence-corrected chi connectivity index (χ2v) is 5.37. The van der Waals surface area contributed by atoms with E-state index >= 15 is 0 Å². The summed E-state index contributed by atoms with van der Waals surface area (Å²) in [6.07, 6.45) is 5.28. The van der Waals surface area contributed by atoms with Crippen LogP contribution in [0.1, 0.15) is 12.5 Å². The highest BCUT2D eigenvalue weighted by atomic mass is 35.5. The van der Waals surface area contributed by atoms with Crippen LogP contribution < -0.4 is 10.6 Å². The van der Waals surface area contributed by atoms with Crippen molar-refractivity contribution >= 4 is 30.7 Å². The molecule has 2 N–H and O–H groups in total. The lowest BCUT2D eigenvalue weighted by Gasteiger charge is -2.29. The van der Waals surface area contributed by atoms with Crippen molar-refractivity contribution in [1.82, 2.24) is 20.2 Å². The van der Waals surface area contributed by atoms with Gasteiger partial charge in [0.1, 0.15) is 6.04 Å². The third-order valence-corrected chi connectivity index (χ3v) is 3.78. The lowest BCUT2D eigenvalue weighted by molar-refractivity contribution is -0.129. The second-order valence-electron chi connectivity index (χ2n) is 5.37. The Morgan fingerprint density at radius 1 is 1.46 bits per heavy atom. The van der Waals surface area contributed by atoms with Crippen LogP contribution in [0.5, 0.6) is 0 Å². The Kier molecular flexibility index (Phi) is 8.21. The molecule has 0 bridgehead atoms. The first kappa shape index (κ1) is 20.4. The molecule has 6 nitrogen and oxygen atoms in total. The summed E-state index contributed by atoms with van der Waals surface area (Å²) in [6.45, 7) is 3.76. The van der Waals surface area contributed by atoms with Crippen LogP contribution in [-0.2, 0) is 16.1 Å². The van der Waals surface area contributed by atoms with Gasteiger partial charge in [0.05, 0.1) is 19.0 Å². The van der Waals surface area contributed by atoms with E-state index in [1.807, 2.05) is 42.0 Å². The normalized spacial score (nSPS) is 19.7. The van der Waals surface area contributed by atoms with Gasteiger partial charge in [-0.2, -0.15) is 0 Å². The van der Waals surface area contributed by atoms with Gasteiger partial charge in [0, 0.05) is 31.2 Å². The molecule has 2 atom stereocenters. The lowest BCUT2D eigenvalue weighted by Crippen LogP contribution is -2.55. The predicted molar refractivity (Wildman–Crippen MR) is 97.1 cm³/mol. The number of morpholine rings is 1. The Balaban J connectivity index is 0.00000144. The Labute approximate surface area is 153 Å². The Bertz CT molecular complexity index is 637. The Morgan fingerprint density at radius 2 is 2.29 bits per heavy atom. The fourth-order valence-corrected chi connectivity index (χ4v) is 2.57. The van der Waals surface area contributed by atoms with Gasteiger partial charge in [-0.15, -0.1) is 24.8 Å². The molecule has 0 aliphatic carbocycles. The molecule has 0 unspecified atom stereocenters. The maximum Gasteiger partial charge on any atom is 0.240 e. The summed E-state index contributed by atoms with van der Waals surface area (Å²) < 4.78 is 7.43. The number of amides is 1. The molecule has 1 saturated heterocycles. The molecule has 0 radical (unpaired) electrons. The Morgan fingerprint density at radius 3 is 3.00 bits per heavy atom. The molecule has 1 aromatic heterocycles. The van der Waals surface area contributed by atoms with Crippen molar-refractivity contribution in [2.75, 3.05) is 13.2 Å². The van der Waals surface area contributed by atoms with Crippen LogP contribution in [0.25, 0.3) is 5.69 Å². The summed E-state index contributed by atoms with van der Waals surface area (Å²) in [5.74, 6) is -0.0276. The number of nitrogens with zero attached hydrogens (tertiary/aromatic N) is 2. The summed E-state index contributed by atoms with van der Waals surface area (Å²) in [4.78, 5) is 16.3. The van der Waals surface area contributed by atoms with Crippen LogP contribution in [-0.4, -0.2) is 40.8 Å². The first-order chi connectivity index (χ1) is 10.7. The first-order valence-corrected chi connectivity index (χ1v) is 7.44. The minimum atomic E-state index is -0.286. The molecule has 1 aliphatic rings. The van der Waals surface area contributed by atoms with E-state index < -0.39 is 0 Å². The predicted octanol–water partition coefficient (Wildman–Crippen LogP) is 1.71. The van der Waals surface area contributed by atoms with Crippen LogP contribution in [0.4, 0.5) is 0 Å². The van der Waals surface area contributed by atoms with Crippen molar-refractivity contribution in [2.24, 2.45) is 0 Å². The van der Waals surface area contributed by atoms with E-state index in [0.717, 1.165) is 11.3 Å². The number of rotatable bonds is 4. The molecule has 0 spiro atoms. The number of hydrogen-bond acceptors (Lipinski definition) is 4. The minimum absolute atomic E-state index is 0. The van der Waals surface area contributed by atoms with Crippen LogP contribution in [0.3, 0.4) is 0 Å². The molecule has 8 heteroatoms. The van der Waals surface area contributed by atoms with E-state index in [0.29, 0.717) is 19.7 Å². The fourth-order valence-electron chi connectivity index (χ4n) is 2.57. The van der Waals surface area contributed by atoms with Gasteiger partial charge in [-0.3, -0.25) is 4.79 Å². The maximum atomic E-state index is 12.2. The smallest absolute Gasteiger partial charge is 0.240 e. The molecule has 3 rings (SSSR count). The number of carbonyl (C=O) groups excluding carboxylic acids is 1. The molecule has 2 heterocycles. The van der Waals surface area contributed by atoms with Crippen molar-refractivity contribution in [3.63, 3.8) is 0 Å². The van der Waals surface area contributed by atoms with E-state index in [1.54, 1.807) is 12.5 Å². The van der Waals surface area contributed by atoms with E-state index in [9.17, 15) is 4.79 Å². The summed E-state index contributed by atoms with van der Waals surface area (Å²) in [5.41, 5.74) is 2.07. The van der Waals surface area contributed by atoms with Gasteiger partial charge in [-0.05, 0) is 24.6 Å². The number of carbonyl (C=O) groups is 1. The summed E-state index contributed by atoms with van der Waals surface area (Å²) in [7, 11) is 0. The van der Waals surface area contributed by atoms with Crippen LogP contribution >= 0.6 is 24.8 Å². The average Bonchev–Trinajstić information content (AvgIpc) is 3.08.